The number of ether oxygens (including phenoxy) is 1. The van der Waals surface area contributed by atoms with Gasteiger partial charge < -0.3 is 10.5 Å². The molecule has 0 spiro atoms. The third kappa shape index (κ3) is 8.52. The normalized spacial score (nSPS) is 15.5. The van der Waals surface area contributed by atoms with E-state index in [4.69, 9.17) is 10.5 Å². The van der Waals surface area contributed by atoms with Gasteiger partial charge in [0, 0.05) is 16.5 Å². The minimum absolute atomic E-state index is 0.0739. The minimum atomic E-state index is -0.958. The van der Waals surface area contributed by atoms with E-state index in [-0.39, 0.29) is 18.4 Å². The van der Waals surface area contributed by atoms with Gasteiger partial charge in [0.25, 0.3) is 0 Å². The van der Waals surface area contributed by atoms with Crippen LogP contribution in [0.2, 0.25) is 0 Å². The SMILES string of the molecule is C/C=C\CC.C=CCC[C@H]1COC(=O)N1C(=O)[C@@H](N)C(C)(C)c1ccc(C(=O)c2ccccc2)cc1.CC. The van der Waals surface area contributed by atoms with Crippen LogP contribution < -0.4 is 5.73 Å². The number of hydrogen-bond donors (Lipinski definition) is 1. The highest BCUT2D eigenvalue weighted by Gasteiger charge is 2.44. The van der Waals surface area contributed by atoms with Crippen LogP contribution in [-0.4, -0.2) is 41.4 Å². The summed E-state index contributed by atoms with van der Waals surface area (Å²) in [5.41, 5.74) is 7.56. The smallest absolute Gasteiger partial charge is 0.417 e. The Hall–Kier alpha value is -3.51. The van der Waals surface area contributed by atoms with Crippen LogP contribution in [-0.2, 0) is 14.9 Å². The molecule has 1 fully saturated rings. The van der Waals surface area contributed by atoms with Crippen molar-refractivity contribution in [2.24, 2.45) is 5.73 Å². The number of carbonyl (C=O) groups is 3. The number of imide groups is 1. The van der Waals surface area contributed by atoms with Gasteiger partial charge in [-0.1, -0.05) is 107 Å². The first kappa shape index (κ1) is 32.5. The molecule has 206 valence electrons. The van der Waals surface area contributed by atoms with Crippen molar-refractivity contribution in [3.8, 4) is 0 Å². The first-order valence-electron chi connectivity index (χ1n) is 13.4. The summed E-state index contributed by atoms with van der Waals surface area (Å²) >= 11 is 0. The summed E-state index contributed by atoms with van der Waals surface area (Å²) in [7, 11) is 0. The van der Waals surface area contributed by atoms with Crippen molar-refractivity contribution in [2.45, 2.75) is 78.3 Å². The Morgan fingerprint density at radius 1 is 1.11 bits per heavy atom. The first-order chi connectivity index (χ1) is 18.2. The van der Waals surface area contributed by atoms with Gasteiger partial charge in [0.15, 0.2) is 5.78 Å². The Kier molecular flexibility index (Phi) is 14.0. The van der Waals surface area contributed by atoms with E-state index in [1.807, 2.05) is 52.8 Å². The molecule has 2 aromatic rings. The van der Waals surface area contributed by atoms with Gasteiger partial charge in [-0.25, -0.2) is 9.69 Å². The second-order valence-corrected chi connectivity index (χ2v) is 9.25. The molecular weight excluding hydrogens is 476 g/mol. The molecule has 1 saturated heterocycles. The summed E-state index contributed by atoms with van der Waals surface area (Å²) < 4.78 is 5.09. The predicted molar refractivity (Wildman–Crippen MR) is 155 cm³/mol. The van der Waals surface area contributed by atoms with Crippen molar-refractivity contribution >= 4 is 17.8 Å². The molecule has 1 heterocycles. The van der Waals surface area contributed by atoms with E-state index in [1.54, 1.807) is 42.5 Å². The monoisotopic (exact) mass is 520 g/mol. The summed E-state index contributed by atoms with van der Waals surface area (Å²) in [6.45, 7) is 15.7. The third-order valence-corrected chi connectivity index (χ3v) is 6.34. The molecule has 0 radical (unpaired) electrons. The van der Waals surface area contributed by atoms with Crippen molar-refractivity contribution in [3.63, 3.8) is 0 Å². The molecule has 2 N–H and O–H groups in total. The van der Waals surface area contributed by atoms with E-state index in [2.05, 4.69) is 25.7 Å². The van der Waals surface area contributed by atoms with Crippen LogP contribution in [0.4, 0.5) is 4.79 Å². The minimum Gasteiger partial charge on any atom is -0.447 e. The van der Waals surface area contributed by atoms with Crippen LogP contribution in [0.15, 0.2) is 79.4 Å². The van der Waals surface area contributed by atoms with E-state index in [1.165, 1.54) is 0 Å². The highest BCUT2D eigenvalue weighted by atomic mass is 16.6. The van der Waals surface area contributed by atoms with Gasteiger partial charge in [-0.3, -0.25) is 9.59 Å². The fourth-order valence-electron chi connectivity index (χ4n) is 3.93. The molecule has 0 aliphatic carbocycles. The first-order valence-corrected chi connectivity index (χ1v) is 13.4. The zero-order valence-corrected chi connectivity index (χ0v) is 23.8. The van der Waals surface area contributed by atoms with Gasteiger partial charge >= 0.3 is 6.09 Å². The molecule has 38 heavy (non-hydrogen) atoms. The van der Waals surface area contributed by atoms with Gasteiger partial charge in [0.2, 0.25) is 5.91 Å². The summed E-state index contributed by atoms with van der Waals surface area (Å²) in [5, 5.41) is 0. The van der Waals surface area contributed by atoms with Crippen LogP contribution >= 0.6 is 0 Å². The molecule has 1 aliphatic rings. The second-order valence-electron chi connectivity index (χ2n) is 9.25. The topological polar surface area (TPSA) is 89.7 Å². The number of nitrogens with two attached hydrogens (primary N) is 1. The molecule has 1 aliphatic heterocycles. The molecule has 6 heteroatoms. The zero-order chi connectivity index (χ0) is 28.7. The summed E-state index contributed by atoms with van der Waals surface area (Å²) in [6.07, 6.45) is 7.68. The summed E-state index contributed by atoms with van der Waals surface area (Å²) in [4.78, 5) is 39.1. The molecule has 0 bridgehead atoms. The number of nitrogens with zero attached hydrogens (tertiary/aromatic N) is 1. The summed E-state index contributed by atoms with van der Waals surface area (Å²) in [6, 6.07) is 14.8. The number of amides is 2. The fraction of sp³-hybridized carbons (Fsp3) is 0.406. The zero-order valence-electron chi connectivity index (χ0n) is 23.8. The predicted octanol–water partition coefficient (Wildman–Crippen LogP) is 6.83. The average molecular weight is 521 g/mol. The maximum Gasteiger partial charge on any atom is 0.417 e. The number of allylic oxidation sites excluding steroid dienone is 3. The molecule has 2 atom stereocenters. The number of carbonyl (C=O) groups excluding carboxylic acids is 3. The largest absolute Gasteiger partial charge is 0.447 e. The summed E-state index contributed by atoms with van der Waals surface area (Å²) in [5.74, 6) is -0.541. The lowest BCUT2D eigenvalue weighted by Crippen LogP contribution is -2.55. The number of hydrogen-bond acceptors (Lipinski definition) is 5. The third-order valence-electron chi connectivity index (χ3n) is 6.34. The highest BCUT2D eigenvalue weighted by Crippen LogP contribution is 2.30. The van der Waals surface area contributed by atoms with Crippen molar-refractivity contribution < 1.29 is 19.1 Å². The molecule has 0 unspecified atom stereocenters. The Labute approximate surface area is 228 Å². The van der Waals surface area contributed by atoms with Gasteiger partial charge in [-0.15, -0.1) is 6.58 Å². The van der Waals surface area contributed by atoms with Crippen molar-refractivity contribution in [2.75, 3.05) is 6.61 Å². The molecule has 2 amide bonds. The molecule has 3 rings (SSSR count). The van der Waals surface area contributed by atoms with Gasteiger partial charge in [0.1, 0.15) is 6.61 Å². The van der Waals surface area contributed by atoms with E-state index in [9.17, 15) is 14.4 Å². The maximum atomic E-state index is 13.1. The van der Waals surface area contributed by atoms with Crippen LogP contribution in [0, 0.1) is 0 Å². The number of cyclic esters (lactones) is 1. The molecule has 2 aromatic carbocycles. The Bertz CT molecular complexity index is 1060. The average Bonchev–Trinajstić information content (AvgIpc) is 3.32. The Morgan fingerprint density at radius 3 is 2.18 bits per heavy atom. The van der Waals surface area contributed by atoms with Gasteiger partial charge in [-0.05, 0) is 31.7 Å². The lowest BCUT2D eigenvalue weighted by atomic mass is 9.77. The lowest BCUT2D eigenvalue weighted by Gasteiger charge is -2.34. The maximum absolute atomic E-state index is 13.1. The number of benzene rings is 2. The molecular formula is C32H44N2O4. The van der Waals surface area contributed by atoms with Gasteiger partial charge in [0.05, 0.1) is 12.1 Å². The van der Waals surface area contributed by atoms with Crippen LogP contribution in [0.3, 0.4) is 0 Å². The van der Waals surface area contributed by atoms with Crippen molar-refractivity contribution in [1.29, 1.82) is 0 Å². The van der Waals surface area contributed by atoms with E-state index < -0.39 is 23.5 Å². The van der Waals surface area contributed by atoms with Crippen LogP contribution in [0.5, 0.6) is 0 Å². The Balaban J connectivity index is 0.000000924. The molecule has 0 aromatic heterocycles. The van der Waals surface area contributed by atoms with Crippen LogP contribution in [0.1, 0.15) is 82.3 Å². The van der Waals surface area contributed by atoms with Crippen molar-refractivity contribution in [3.05, 3.63) is 96.1 Å². The highest BCUT2D eigenvalue weighted by molar-refractivity contribution is 6.09. The van der Waals surface area contributed by atoms with E-state index >= 15 is 0 Å². The second kappa shape index (κ2) is 16.4. The lowest BCUT2D eigenvalue weighted by molar-refractivity contribution is -0.132. The van der Waals surface area contributed by atoms with Gasteiger partial charge in [-0.2, -0.15) is 0 Å². The number of ketones is 1. The standard InChI is InChI=1S/C25H28N2O4.C5H10.C2H6/c1-4-5-11-20-16-31-24(30)27(20)23(29)22(26)25(2,3)19-14-12-18(13-15-19)21(28)17-9-7-6-8-10-17;1-3-5-4-2;1-2/h4,6-10,12-15,20,22H,1,5,11,16,26H2,2-3H3;3,5H,4H2,1-2H3;1-2H3/b;5-3-;/t20-,22+;;/m0../s1. The van der Waals surface area contributed by atoms with Crippen molar-refractivity contribution in [1.82, 2.24) is 4.90 Å². The van der Waals surface area contributed by atoms with E-state index in [0.717, 1.165) is 16.9 Å². The van der Waals surface area contributed by atoms with Crippen LogP contribution in [0.25, 0.3) is 0 Å². The van der Waals surface area contributed by atoms with E-state index in [0.29, 0.717) is 24.0 Å². The molecule has 6 nitrogen and oxygen atoms in total. The number of rotatable bonds is 9. The Morgan fingerprint density at radius 2 is 1.68 bits per heavy atom. The quantitative estimate of drug-likeness (QED) is 0.289. The molecule has 0 saturated carbocycles. The fourth-order valence-corrected chi connectivity index (χ4v) is 3.93.